The minimum Gasteiger partial charge on any atom is -0.389 e. The van der Waals surface area contributed by atoms with Crippen LogP contribution in [0.3, 0.4) is 0 Å². The lowest BCUT2D eigenvalue weighted by Gasteiger charge is -2.28. The maximum atomic E-state index is 11.6. The number of urea groups is 1. The molecule has 5 heteroatoms. The Morgan fingerprint density at radius 1 is 1.39 bits per heavy atom. The summed E-state index contributed by atoms with van der Waals surface area (Å²) in [6.45, 7) is 2.69. The van der Waals surface area contributed by atoms with Gasteiger partial charge >= 0.3 is 6.03 Å². The Labute approximate surface area is 109 Å². The summed E-state index contributed by atoms with van der Waals surface area (Å²) in [7, 11) is 1.52. The number of aliphatic hydroxyl groups is 1. The third-order valence-corrected chi connectivity index (χ3v) is 3.62. The maximum absolute atomic E-state index is 11.6. The van der Waals surface area contributed by atoms with Crippen molar-refractivity contribution in [2.45, 2.75) is 51.2 Å². The Balaban J connectivity index is 2.13. The largest absolute Gasteiger partial charge is 0.389 e. The zero-order chi connectivity index (χ0) is 13.4. The van der Waals surface area contributed by atoms with E-state index in [4.69, 9.17) is 4.74 Å². The first-order valence-corrected chi connectivity index (χ1v) is 6.87. The van der Waals surface area contributed by atoms with E-state index in [-0.39, 0.29) is 25.2 Å². The van der Waals surface area contributed by atoms with Gasteiger partial charge in [-0.1, -0.05) is 13.3 Å². The summed E-state index contributed by atoms with van der Waals surface area (Å²) < 4.78 is 4.79. The number of ether oxygens (including phenoxy) is 1. The number of hydrogen-bond donors (Lipinski definition) is 3. The minimum absolute atomic E-state index is 0.190. The van der Waals surface area contributed by atoms with E-state index >= 15 is 0 Å². The van der Waals surface area contributed by atoms with Crippen molar-refractivity contribution in [2.75, 3.05) is 20.3 Å². The summed E-state index contributed by atoms with van der Waals surface area (Å²) in [6, 6.07) is 0.0949. The highest BCUT2D eigenvalue weighted by Crippen LogP contribution is 2.26. The lowest BCUT2D eigenvalue weighted by atomic mass is 9.85. The molecule has 1 rings (SSSR count). The molecule has 0 aromatic rings. The van der Waals surface area contributed by atoms with Crippen LogP contribution >= 0.6 is 0 Å². The predicted octanol–water partition coefficient (Wildman–Crippen LogP) is 1.26. The molecule has 106 valence electrons. The van der Waals surface area contributed by atoms with Crippen molar-refractivity contribution < 1.29 is 14.6 Å². The Kier molecular flexibility index (Phi) is 7.05. The van der Waals surface area contributed by atoms with Crippen molar-refractivity contribution in [2.24, 2.45) is 5.92 Å². The monoisotopic (exact) mass is 258 g/mol. The summed E-state index contributed by atoms with van der Waals surface area (Å²) in [5.41, 5.74) is 0. The molecule has 1 aliphatic carbocycles. The second-order valence-electron chi connectivity index (χ2n) is 5.09. The van der Waals surface area contributed by atoms with Gasteiger partial charge in [-0.2, -0.15) is 0 Å². The van der Waals surface area contributed by atoms with Gasteiger partial charge in [-0.3, -0.25) is 0 Å². The molecule has 0 spiro atoms. The molecule has 1 unspecified atom stereocenters. The van der Waals surface area contributed by atoms with Gasteiger partial charge in [0, 0.05) is 19.7 Å². The molecular formula is C13H26N2O3. The lowest BCUT2D eigenvalue weighted by molar-refractivity contribution is 0.0658. The number of aliphatic hydroxyl groups excluding tert-OH is 1. The van der Waals surface area contributed by atoms with Gasteiger partial charge in [0.1, 0.15) is 0 Å². The number of methoxy groups -OCH3 is 1. The molecule has 0 aromatic carbocycles. The van der Waals surface area contributed by atoms with Crippen molar-refractivity contribution in [3.63, 3.8) is 0 Å². The smallest absolute Gasteiger partial charge is 0.315 e. The number of nitrogens with one attached hydrogen (secondary N) is 2. The molecule has 1 fully saturated rings. The van der Waals surface area contributed by atoms with Crippen LogP contribution in [0.15, 0.2) is 0 Å². The normalized spacial score (nSPS) is 25.5. The van der Waals surface area contributed by atoms with Gasteiger partial charge < -0.3 is 20.5 Å². The highest BCUT2D eigenvalue weighted by molar-refractivity contribution is 5.74. The van der Waals surface area contributed by atoms with Crippen molar-refractivity contribution in [3.8, 4) is 0 Å². The second-order valence-corrected chi connectivity index (χ2v) is 5.09. The maximum Gasteiger partial charge on any atom is 0.315 e. The molecule has 2 amide bonds. The molecule has 0 radical (unpaired) electrons. The van der Waals surface area contributed by atoms with Gasteiger partial charge in [0.15, 0.2) is 0 Å². The number of rotatable bonds is 6. The third kappa shape index (κ3) is 5.69. The molecule has 0 aromatic heterocycles. The van der Waals surface area contributed by atoms with Gasteiger partial charge in [0.05, 0.1) is 12.7 Å². The van der Waals surface area contributed by atoms with Crippen molar-refractivity contribution in [1.82, 2.24) is 10.6 Å². The van der Waals surface area contributed by atoms with E-state index in [2.05, 4.69) is 17.6 Å². The van der Waals surface area contributed by atoms with Crippen LogP contribution in [0.1, 0.15) is 39.0 Å². The summed E-state index contributed by atoms with van der Waals surface area (Å²) in [5.74, 6) is 0.828. The molecule has 1 aliphatic rings. The standard InChI is InChI=1S/C13H26N2O3/c1-3-10-4-6-11(7-5-10)15-13(17)14-8-12(16)9-18-2/h10-12,16H,3-9H2,1-2H3,(H2,14,15,17). The van der Waals surface area contributed by atoms with Crippen molar-refractivity contribution in [1.29, 1.82) is 0 Å². The van der Waals surface area contributed by atoms with Crippen LogP contribution in [0, 0.1) is 5.92 Å². The molecule has 5 nitrogen and oxygen atoms in total. The van der Waals surface area contributed by atoms with Gasteiger partial charge in [-0.15, -0.1) is 0 Å². The minimum atomic E-state index is -0.642. The summed E-state index contributed by atoms with van der Waals surface area (Å²) in [5, 5.41) is 15.0. The molecule has 0 saturated heterocycles. The first-order chi connectivity index (χ1) is 8.65. The quantitative estimate of drug-likeness (QED) is 0.672. The van der Waals surface area contributed by atoms with Gasteiger partial charge in [0.25, 0.3) is 0 Å². The summed E-state index contributed by atoms with van der Waals surface area (Å²) >= 11 is 0. The molecule has 1 saturated carbocycles. The highest BCUT2D eigenvalue weighted by atomic mass is 16.5. The number of hydrogen-bond acceptors (Lipinski definition) is 3. The Morgan fingerprint density at radius 2 is 2.06 bits per heavy atom. The Morgan fingerprint density at radius 3 is 2.61 bits per heavy atom. The van der Waals surface area contributed by atoms with E-state index < -0.39 is 6.10 Å². The van der Waals surface area contributed by atoms with Gasteiger partial charge in [0.2, 0.25) is 0 Å². The molecular weight excluding hydrogens is 232 g/mol. The van der Waals surface area contributed by atoms with Gasteiger partial charge in [-0.05, 0) is 31.6 Å². The predicted molar refractivity (Wildman–Crippen MR) is 70.5 cm³/mol. The van der Waals surface area contributed by atoms with Crippen molar-refractivity contribution in [3.05, 3.63) is 0 Å². The fourth-order valence-corrected chi connectivity index (χ4v) is 2.41. The van der Waals surface area contributed by atoms with Crippen LogP contribution in [0.4, 0.5) is 4.79 Å². The zero-order valence-corrected chi connectivity index (χ0v) is 11.4. The van der Waals surface area contributed by atoms with E-state index in [1.807, 2.05) is 0 Å². The number of carbonyl (C=O) groups is 1. The van der Waals surface area contributed by atoms with Crippen LogP contribution < -0.4 is 10.6 Å². The first-order valence-electron chi connectivity index (χ1n) is 6.87. The van der Waals surface area contributed by atoms with E-state index in [9.17, 15) is 9.90 Å². The van der Waals surface area contributed by atoms with Crippen LogP contribution in [0.5, 0.6) is 0 Å². The topological polar surface area (TPSA) is 70.6 Å². The number of carbonyl (C=O) groups excluding carboxylic acids is 1. The molecule has 1 atom stereocenters. The van der Waals surface area contributed by atoms with E-state index in [1.54, 1.807) is 0 Å². The SMILES string of the molecule is CCC1CCC(NC(=O)NCC(O)COC)CC1. The summed E-state index contributed by atoms with van der Waals surface area (Å²) in [4.78, 5) is 11.6. The molecule has 18 heavy (non-hydrogen) atoms. The number of amides is 2. The zero-order valence-electron chi connectivity index (χ0n) is 11.4. The first kappa shape index (κ1) is 15.2. The fourth-order valence-electron chi connectivity index (χ4n) is 2.41. The summed E-state index contributed by atoms with van der Waals surface area (Å²) in [6.07, 6.45) is 5.12. The second kappa shape index (κ2) is 8.32. The van der Waals surface area contributed by atoms with E-state index in [1.165, 1.54) is 26.4 Å². The highest BCUT2D eigenvalue weighted by Gasteiger charge is 2.21. The van der Waals surface area contributed by atoms with Gasteiger partial charge in [-0.25, -0.2) is 4.79 Å². The molecule has 3 N–H and O–H groups in total. The Hall–Kier alpha value is -0.810. The average Bonchev–Trinajstić information content (AvgIpc) is 2.38. The van der Waals surface area contributed by atoms with E-state index in [0.29, 0.717) is 0 Å². The Bertz CT molecular complexity index is 240. The van der Waals surface area contributed by atoms with E-state index in [0.717, 1.165) is 18.8 Å². The molecule has 0 bridgehead atoms. The lowest BCUT2D eigenvalue weighted by Crippen LogP contribution is -2.46. The van der Waals surface area contributed by atoms with Crippen LogP contribution in [0.25, 0.3) is 0 Å². The van der Waals surface area contributed by atoms with Crippen LogP contribution in [-0.2, 0) is 4.74 Å². The van der Waals surface area contributed by atoms with Crippen molar-refractivity contribution >= 4 is 6.03 Å². The third-order valence-electron chi connectivity index (χ3n) is 3.62. The van der Waals surface area contributed by atoms with Crippen LogP contribution in [-0.4, -0.2) is 43.5 Å². The molecule has 0 aliphatic heterocycles. The molecule has 0 heterocycles. The fraction of sp³-hybridized carbons (Fsp3) is 0.923. The average molecular weight is 258 g/mol. The van der Waals surface area contributed by atoms with Crippen LogP contribution in [0.2, 0.25) is 0 Å².